The molecule has 0 bridgehead atoms. The minimum atomic E-state index is -0.406. The fourth-order valence-electron chi connectivity index (χ4n) is 5.43. The fraction of sp³-hybridized carbons (Fsp3) is 0.407. The van der Waals surface area contributed by atoms with Gasteiger partial charge in [-0.2, -0.15) is 0 Å². The molecule has 2 heterocycles. The number of methoxy groups -OCH3 is 1. The maximum absolute atomic E-state index is 12.8. The highest BCUT2D eigenvalue weighted by atomic mass is 16.5. The highest BCUT2D eigenvalue weighted by Crippen LogP contribution is 2.54. The topological polar surface area (TPSA) is 77.5 Å². The van der Waals surface area contributed by atoms with Gasteiger partial charge in [-0.15, -0.1) is 0 Å². The minimum absolute atomic E-state index is 0.0931. The predicted octanol–water partition coefficient (Wildman–Crippen LogP) is 4.31. The van der Waals surface area contributed by atoms with Crippen molar-refractivity contribution in [3.63, 3.8) is 0 Å². The van der Waals surface area contributed by atoms with Gasteiger partial charge in [0.25, 0.3) is 0 Å². The number of piperidine rings is 1. The number of hydrogen-bond acceptors (Lipinski definition) is 5. The molecule has 2 aromatic rings. The Morgan fingerprint density at radius 1 is 1.24 bits per heavy atom. The molecule has 0 atom stereocenters. The number of anilines is 1. The quantitative estimate of drug-likeness (QED) is 0.556. The Bertz CT molecular complexity index is 1070. The summed E-state index contributed by atoms with van der Waals surface area (Å²) in [6.07, 6.45) is 8.08. The molecule has 0 unspecified atom stereocenters. The standard InChI is InChI=1S/C27H32N4O2/c1-33-24-17-20(16-22-25(24)30-26(32)27(22)11-5-12-27)23(8-13-28)29-21-9-14-31(15-10-21)18-19-6-3-2-4-7-19/h2-4,6-8,13,16-17,21,28-29H,5,9-12,14-15,18H2,1H3,(H,30,32)/b23-8-,28-13?. The lowest BCUT2D eigenvalue weighted by Crippen LogP contribution is -2.41. The van der Waals surface area contributed by atoms with E-state index in [0.29, 0.717) is 11.8 Å². The van der Waals surface area contributed by atoms with Crippen molar-refractivity contribution in [3.05, 3.63) is 65.2 Å². The van der Waals surface area contributed by atoms with Gasteiger partial charge in [-0.25, -0.2) is 0 Å². The fourth-order valence-corrected chi connectivity index (χ4v) is 5.43. The van der Waals surface area contributed by atoms with E-state index in [1.54, 1.807) is 7.11 Å². The molecule has 2 aliphatic heterocycles. The second kappa shape index (κ2) is 9.02. The second-order valence-electron chi connectivity index (χ2n) is 9.42. The van der Waals surface area contributed by atoms with Crippen molar-refractivity contribution in [2.75, 3.05) is 25.5 Å². The maximum Gasteiger partial charge on any atom is 0.235 e. The van der Waals surface area contributed by atoms with Crippen LogP contribution in [-0.2, 0) is 16.8 Å². The van der Waals surface area contributed by atoms with E-state index in [2.05, 4.69) is 51.9 Å². The third-order valence-electron chi connectivity index (χ3n) is 7.48. The molecule has 0 aromatic heterocycles. The number of allylic oxidation sites excluding steroid dienone is 1. The normalized spacial score (nSPS) is 20.2. The van der Waals surface area contributed by atoms with E-state index >= 15 is 0 Å². The Hall–Kier alpha value is -3.12. The van der Waals surface area contributed by atoms with E-state index in [4.69, 9.17) is 10.1 Å². The van der Waals surface area contributed by atoms with E-state index < -0.39 is 5.41 Å². The van der Waals surface area contributed by atoms with Crippen molar-refractivity contribution in [2.24, 2.45) is 0 Å². The van der Waals surface area contributed by atoms with Gasteiger partial charge in [-0.3, -0.25) is 9.69 Å². The molecule has 1 saturated heterocycles. The van der Waals surface area contributed by atoms with Gasteiger partial charge in [-0.1, -0.05) is 36.8 Å². The third-order valence-corrected chi connectivity index (χ3v) is 7.48. The van der Waals surface area contributed by atoms with Crippen LogP contribution >= 0.6 is 0 Å². The van der Waals surface area contributed by atoms with Crippen LogP contribution in [0, 0.1) is 5.41 Å². The van der Waals surface area contributed by atoms with Crippen LogP contribution in [0.3, 0.4) is 0 Å². The van der Waals surface area contributed by atoms with Crippen LogP contribution in [0.2, 0.25) is 0 Å². The molecule has 2 aromatic carbocycles. The van der Waals surface area contributed by atoms with E-state index in [9.17, 15) is 4.79 Å². The number of rotatable bonds is 7. The summed E-state index contributed by atoms with van der Waals surface area (Å²) >= 11 is 0. The molecule has 1 spiro atoms. The zero-order chi connectivity index (χ0) is 22.8. The van der Waals surface area contributed by atoms with Gasteiger partial charge in [-0.05, 0) is 55.0 Å². The number of carbonyl (C=O) groups is 1. The van der Waals surface area contributed by atoms with Crippen LogP contribution in [-0.4, -0.2) is 43.3 Å². The first-order valence-electron chi connectivity index (χ1n) is 11.9. The van der Waals surface area contributed by atoms with Crippen molar-refractivity contribution in [3.8, 4) is 5.75 Å². The van der Waals surface area contributed by atoms with Crippen LogP contribution in [0.4, 0.5) is 5.69 Å². The number of amides is 1. The SMILES string of the molecule is COc1cc(/C(=C/C=N)NC2CCN(Cc3ccccc3)CC2)cc2c1NC(=O)C21CCC1. The number of nitrogens with one attached hydrogen (secondary N) is 3. The zero-order valence-corrected chi connectivity index (χ0v) is 19.2. The lowest BCUT2D eigenvalue weighted by molar-refractivity contribution is -0.123. The summed E-state index contributed by atoms with van der Waals surface area (Å²) in [5, 5.41) is 14.5. The average molecular weight is 445 g/mol. The summed E-state index contributed by atoms with van der Waals surface area (Å²) in [5.41, 5.74) is 4.70. The van der Waals surface area contributed by atoms with Crippen molar-refractivity contribution in [1.82, 2.24) is 10.2 Å². The van der Waals surface area contributed by atoms with E-state index in [-0.39, 0.29) is 5.91 Å². The first kappa shape index (κ1) is 21.7. The van der Waals surface area contributed by atoms with Gasteiger partial charge < -0.3 is 20.8 Å². The van der Waals surface area contributed by atoms with Crippen LogP contribution in [0.1, 0.15) is 48.8 Å². The molecule has 33 heavy (non-hydrogen) atoms. The molecule has 1 amide bonds. The number of fused-ring (bicyclic) bond motifs is 2. The van der Waals surface area contributed by atoms with Gasteiger partial charge in [0.2, 0.25) is 5.91 Å². The Kier molecular flexibility index (Phi) is 5.94. The summed E-state index contributed by atoms with van der Waals surface area (Å²) in [5.74, 6) is 0.783. The third kappa shape index (κ3) is 4.04. The molecular weight excluding hydrogens is 412 g/mol. The Balaban J connectivity index is 1.32. The summed E-state index contributed by atoms with van der Waals surface area (Å²) in [6, 6.07) is 15.1. The summed E-state index contributed by atoms with van der Waals surface area (Å²) in [6.45, 7) is 3.07. The molecule has 1 aliphatic carbocycles. The maximum atomic E-state index is 12.8. The molecular formula is C27H32N4O2. The van der Waals surface area contributed by atoms with Crippen LogP contribution in [0.15, 0.2) is 48.5 Å². The highest BCUT2D eigenvalue weighted by Gasteiger charge is 2.52. The summed E-state index contributed by atoms with van der Waals surface area (Å²) < 4.78 is 5.66. The molecule has 0 radical (unpaired) electrons. The lowest BCUT2D eigenvalue weighted by atomic mass is 9.65. The van der Waals surface area contributed by atoms with E-state index in [1.807, 2.05) is 12.1 Å². The highest BCUT2D eigenvalue weighted by molar-refractivity contribution is 6.08. The second-order valence-corrected chi connectivity index (χ2v) is 9.42. The Morgan fingerprint density at radius 3 is 2.64 bits per heavy atom. The molecule has 3 N–H and O–H groups in total. The van der Waals surface area contributed by atoms with Gasteiger partial charge >= 0.3 is 0 Å². The lowest BCUT2D eigenvalue weighted by Gasteiger charge is -2.36. The molecule has 2 fully saturated rings. The molecule has 1 saturated carbocycles. The van der Waals surface area contributed by atoms with E-state index in [0.717, 1.165) is 74.2 Å². The predicted molar refractivity (Wildman–Crippen MR) is 132 cm³/mol. The number of carbonyl (C=O) groups excluding carboxylic acids is 1. The molecule has 5 rings (SSSR count). The number of nitrogens with zero attached hydrogens (tertiary/aromatic N) is 1. The van der Waals surface area contributed by atoms with Crippen LogP contribution < -0.4 is 15.4 Å². The average Bonchev–Trinajstić information content (AvgIpc) is 3.12. The minimum Gasteiger partial charge on any atom is -0.495 e. The largest absolute Gasteiger partial charge is 0.495 e. The van der Waals surface area contributed by atoms with Crippen molar-refractivity contribution < 1.29 is 9.53 Å². The van der Waals surface area contributed by atoms with Gasteiger partial charge in [0.1, 0.15) is 5.75 Å². The zero-order valence-electron chi connectivity index (χ0n) is 19.2. The summed E-state index contributed by atoms with van der Waals surface area (Å²) in [7, 11) is 1.65. The molecule has 172 valence electrons. The molecule has 3 aliphatic rings. The monoisotopic (exact) mass is 444 g/mol. The van der Waals surface area contributed by atoms with Crippen LogP contribution in [0.25, 0.3) is 5.70 Å². The molecule has 6 heteroatoms. The first-order chi connectivity index (χ1) is 16.1. The first-order valence-corrected chi connectivity index (χ1v) is 11.9. The Morgan fingerprint density at radius 2 is 2.00 bits per heavy atom. The number of hydrogen-bond donors (Lipinski definition) is 3. The van der Waals surface area contributed by atoms with Crippen molar-refractivity contribution in [1.29, 1.82) is 5.41 Å². The summed E-state index contributed by atoms with van der Waals surface area (Å²) in [4.78, 5) is 15.3. The van der Waals surface area contributed by atoms with Gasteiger partial charge in [0.05, 0.1) is 18.2 Å². The van der Waals surface area contributed by atoms with Crippen molar-refractivity contribution in [2.45, 2.75) is 50.1 Å². The van der Waals surface area contributed by atoms with E-state index in [1.165, 1.54) is 11.8 Å². The van der Waals surface area contributed by atoms with Gasteiger partial charge in [0, 0.05) is 43.2 Å². The van der Waals surface area contributed by atoms with Crippen LogP contribution in [0.5, 0.6) is 5.75 Å². The number of benzene rings is 2. The van der Waals surface area contributed by atoms with Gasteiger partial charge in [0.15, 0.2) is 0 Å². The number of likely N-dealkylation sites (tertiary alicyclic amines) is 1. The number of ether oxygens (including phenoxy) is 1. The molecule has 6 nitrogen and oxygen atoms in total. The smallest absolute Gasteiger partial charge is 0.235 e. The van der Waals surface area contributed by atoms with Crippen molar-refractivity contribution >= 4 is 23.5 Å². The Labute approximate surface area is 195 Å².